The molecule has 0 aliphatic rings. The minimum absolute atomic E-state index is 0.279. The van der Waals surface area contributed by atoms with E-state index in [1.165, 1.54) is 4.88 Å². The molecule has 0 aliphatic carbocycles. The van der Waals surface area contributed by atoms with E-state index in [9.17, 15) is 4.79 Å². The second-order valence-corrected chi connectivity index (χ2v) is 5.59. The molecule has 0 radical (unpaired) electrons. The van der Waals surface area contributed by atoms with E-state index in [-0.39, 0.29) is 5.56 Å². The third kappa shape index (κ3) is 2.20. The Morgan fingerprint density at radius 1 is 1.40 bits per heavy atom. The molecule has 0 spiro atoms. The van der Waals surface area contributed by atoms with Crippen molar-refractivity contribution in [3.8, 4) is 0 Å². The second kappa shape index (κ2) is 5.09. The number of carboxylic acids is 1. The SMILES string of the molecule is CCc1nc2cc(C(=O)O)ccc2n1Cc1cccs1. The van der Waals surface area contributed by atoms with Crippen LogP contribution in [0.4, 0.5) is 0 Å². The highest BCUT2D eigenvalue weighted by atomic mass is 32.1. The van der Waals surface area contributed by atoms with Crippen LogP contribution < -0.4 is 0 Å². The van der Waals surface area contributed by atoms with E-state index in [2.05, 4.69) is 27.9 Å². The summed E-state index contributed by atoms with van der Waals surface area (Å²) in [5.74, 6) is 0.0636. The van der Waals surface area contributed by atoms with Crippen LogP contribution in [0.25, 0.3) is 11.0 Å². The largest absolute Gasteiger partial charge is 0.478 e. The fourth-order valence-corrected chi connectivity index (χ4v) is 3.01. The number of thiophene rings is 1. The molecule has 20 heavy (non-hydrogen) atoms. The fourth-order valence-electron chi connectivity index (χ4n) is 2.32. The van der Waals surface area contributed by atoms with Crippen LogP contribution in [0.1, 0.15) is 28.0 Å². The number of aromatic carboxylic acids is 1. The van der Waals surface area contributed by atoms with Crippen molar-refractivity contribution in [2.24, 2.45) is 0 Å². The average Bonchev–Trinajstić information content (AvgIpc) is 3.06. The zero-order valence-electron chi connectivity index (χ0n) is 11.0. The summed E-state index contributed by atoms with van der Waals surface area (Å²) in [7, 11) is 0. The van der Waals surface area contributed by atoms with E-state index in [0.717, 1.165) is 29.8 Å². The zero-order valence-corrected chi connectivity index (χ0v) is 11.9. The summed E-state index contributed by atoms with van der Waals surface area (Å²) >= 11 is 1.71. The molecule has 3 rings (SSSR count). The van der Waals surface area contributed by atoms with Crippen LogP contribution in [0.5, 0.6) is 0 Å². The molecule has 0 atom stereocenters. The number of imidazole rings is 1. The Kier molecular flexibility index (Phi) is 3.28. The molecule has 4 nitrogen and oxygen atoms in total. The van der Waals surface area contributed by atoms with Crippen molar-refractivity contribution in [1.82, 2.24) is 9.55 Å². The van der Waals surface area contributed by atoms with Gasteiger partial charge in [-0.1, -0.05) is 13.0 Å². The molecule has 0 saturated heterocycles. The summed E-state index contributed by atoms with van der Waals surface area (Å²) in [4.78, 5) is 16.9. The molecule has 2 heterocycles. The van der Waals surface area contributed by atoms with E-state index >= 15 is 0 Å². The van der Waals surface area contributed by atoms with Crippen LogP contribution in [0.2, 0.25) is 0 Å². The molecule has 102 valence electrons. The van der Waals surface area contributed by atoms with Gasteiger partial charge in [-0.2, -0.15) is 0 Å². The van der Waals surface area contributed by atoms with Gasteiger partial charge in [0, 0.05) is 11.3 Å². The molecule has 0 saturated carbocycles. The minimum atomic E-state index is -0.919. The number of nitrogens with zero attached hydrogens (tertiary/aromatic N) is 2. The van der Waals surface area contributed by atoms with Gasteiger partial charge in [0.1, 0.15) is 5.82 Å². The van der Waals surface area contributed by atoms with Crippen LogP contribution in [-0.2, 0) is 13.0 Å². The lowest BCUT2D eigenvalue weighted by Crippen LogP contribution is -2.03. The Labute approximate surface area is 120 Å². The molecule has 2 aromatic heterocycles. The van der Waals surface area contributed by atoms with Crippen LogP contribution in [-0.4, -0.2) is 20.6 Å². The summed E-state index contributed by atoms with van der Waals surface area (Å²) in [6.45, 7) is 2.84. The van der Waals surface area contributed by atoms with Crippen molar-refractivity contribution < 1.29 is 9.90 Å². The maximum Gasteiger partial charge on any atom is 0.335 e. The first kappa shape index (κ1) is 12.9. The lowest BCUT2D eigenvalue weighted by molar-refractivity contribution is 0.0697. The first-order chi connectivity index (χ1) is 9.69. The van der Waals surface area contributed by atoms with Gasteiger partial charge < -0.3 is 9.67 Å². The highest BCUT2D eigenvalue weighted by Gasteiger charge is 2.12. The van der Waals surface area contributed by atoms with Crippen molar-refractivity contribution in [1.29, 1.82) is 0 Å². The van der Waals surface area contributed by atoms with Gasteiger partial charge in [-0.25, -0.2) is 9.78 Å². The topological polar surface area (TPSA) is 55.1 Å². The van der Waals surface area contributed by atoms with Gasteiger partial charge >= 0.3 is 5.97 Å². The van der Waals surface area contributed by atoms with Crippen LogP contribution in [0, 0.1) is 0 Å². The molecular formula is C15H14N2O2S. The maximum atomic E-state index is 11.0. The molecule has 5 heteroatoms. The summed E-state index contributed by atoms with van der Waals surface area (Å²) in [6.07, 6.45) is 0.822. The van der Waals surface area contributed by atoms with E-state index in [0.29, 0.717) is 0 Å². The number of hydrogen-bond acceptors (Lipinski definition) is 3. The van der Waals surface area contributed by atoms with Gasteiger partial charge in [-0.15, -0.1) is 11.3 Å². The van der Waals surface area contributed by atoms with Gasteiger partial charge in [-0.05, 0) is 29.6 Å². The number of benzene rings is 1. The molecule has 0 aliphatic heterocycles. The van der Waals surface area contributed by atoms with Crippen molar-refractivity contribution >= 4 is 28.3 Å². The molecule has 0 fully saturated rings. The molecule has 1 N–H and O–H groups in total. The number of carbonyl (C=O) groups is 1. The predicted octanol–water partition coefficient (Wildman–Crippen LogP) is 3.41. The third-order valence-electron chi connectivity index (χ3n) is 3.28. The highest BCUT2D eigenvalue weighted by Crippen LogP contribution is 2.21. The Hall–Kier alpha value is -2.14. The lowest BCUT2D eigenvalue weighted by atomic mass is 10.2. The summed E-state index contributed by atoms with van der Waals surface area (Å²) in [5.41, 5.74) is 2.01. The first-order valence-electron chi connectivity index (χ1n) is 6.44. The molecular weight excluding hydrogens is 272 g/mol. The van der Waals surface area contributed by atoms with Gasteiger partial charge in [0.25, 0.3) is 0 Å². The number of rotatable bonds is 4. The van der Waals surface area contributed by atoms with Gasteiger partial charge in [0.2, 0.25) is 0 Å². The standard InChI is InChI=1S/C15H14N2O2S/c1-2-14-16-12-8-10(15(18)19)5-6-13(12)17(14)9-11-4-3-7-20-11/h3-8H,2,9H2,1H3,(H,18,19). The molecule has 1 aromatic carbocycles. The normalized spacial score (nSPS) is 11.1. The Morgan fingerprint density at radius 3 is 2.90 bits per heavy atom. The number of carboxylic acid groups (broad SMARTS) is 1. The number of aryl methyl sites for hydroxylation is 1. The Balaban J connectivity index is 2.12. The Morgan fingerprint density at radius 2 is 2.25 bits per heavy atom. The average molecular weight is 286 g/mol. The van der Waals surface area contributed by atoms with Crippen LogP contribution >= 0.6 is 11.3 Å². The van der Waals surface area contributed by atoms with Crippen molar-refractivity contribution in [2.45, 2.75) is 19.9 Å². The summed E-state index contributed by atoms with van der Waals surface area (Å²) < 4.78 is 2.16. The van der Waals surface area contributed by atoms with Gasteiger partial charge in [0.05, 0.1) is 23.1 Å². The number of hydrogen-bond donors (Lipinski definition) is 1. The minimum Gasteiger partial charge on any atom is -0.478 e. The monoisotopic (exact) mass is 286 g/mol. The first-order valence-corrected chi connectivity index (χ1v) is 7.32. The number of fused-ring (bicyclic) bond motifs is 1. The maximum absolute atomic E-state index is 11.0. The van der Waals surface area contributed by atoms with Crippen molar-refractivity contribution in [3.05, 3.63) is 52.0 Å². The number of aromatic nitrogens is 2. The smallest absolute Gasteiger partial charge is 0.335 e. The zero-order chi connectivity index (χ0) is 14.1. The second-order valence-electron chi connectivity index (χ2n) is 4.56. The highest BCUT2D eigenvalue weighted by molar-refractivity contribution is 7.09. The molecule has 0 unspecified atom stereocenters. The lowest BCUT2D eigenvalue weighted by Gasteiger charge is -2.06. The van der Waals surface area contributed by atoms with E-state index in [1.807, 2.05) is 12.1 Å². The van der Waals surface area contributed by atoms with E-state index in [1.54, 1.807) is 23.5 Å². The Bertz CT molecular complexity index is 760. The van der Waals surface area contributed by atoms with Gasteiger partial charge in [0.15, 0.2) is 0 Å². The molecule has 0 bridgehead atoms. The van der Waals surface area contributed by atoms with Crippen LogP contribution in [0.3, 0.4) is 0 Å². The quantitative estimate of drug-likeness (QED) is 0.799. The third-order valence-corrected chi connectivity index (χ3v) is 4.15. The summed E-state index contributed by atoms with van der Waals surface area (Å²) in [6, 6.07) is 9.26. The molecule has 0 amide bonds. The van der Waals surface area contributed by atoms with E-state index in [4.69, 9.17) is 5.11 Å². The fraction of sp³-hybridized carbons (Fsp3) is 0.200. The van der Waals surface area contributed by atoms with Crippen LogP contribution in [0.15, 0.2) is 35.7 Å². The van der Waals surface area contributed by atoms with Crippen molar-refractivity contribution in [2.75, 3.05) is 0 Å². The van der Waals surface area contributed by atoms with Crippen molar-refractivity contribution in [3.63, 3.8) is 0 Å². The predicted molar refractivity (Wildman–Crippen MR) is 79.5 cm³/mol. The summed E-state index contributed by atoms with van der Waals surface area (Å²) in [5, 5.41) is 11.1. The van der Waals surface area contributed by atoms with Gasteiger partial charge in [-0.3, -0.25) is 0 Å². The van der Waals surface area contributed by atoms with E-state index < -0.39 is 5.97 Å². The molecule has 3 aromatic rings.